The van der Waals surface area contributed by atoms with E-state index in [9.17, 15) is 18.4 Å². The van der Waals surface area contributed by atoms with Gasteiger partial charge in [-0.25, -0.2) is 13.6 Å². The molecule has 0 saturated carbocycles. The molecule has 0 bridgehead atoms. The minimum absolute atomic E-state index is 0.000307. The Kier molecular flexibility index (Phi) is 4.61. The number of esters is 1. The van der Waals surface area contributed by atoms with Gasteiger partial charge in [-0.1, -0.05) is 12.1 Å². The summed E-state index contributed by atoms with van der Waals surface area (Å²) in [7, 11) is 0. The predicted molar refractivity (Wildman–Crippen MR) is 71.7 cm³/mol. The van der Waals surface area contributed by atoms with Crippen molar-refractivity contribution in [1.29, 1.82) is 0 Å². The van der Waals surface area contributed by atoms with E-state index >= 15 is 0 Å². The number of anilines is 1. The van der Waals surface area contributed by atoms with Crippen LogP contribution in [0, 0.1) is 11.6 Å². The van der Waals surface area contributed by atoms with Gasteiger partial charge in [-0.3, -0.25) is 4.79 Å². The molecule has 0 radical (unpaired) electrons. The summed E-state index contributed by atoms with van der Waals surface area (Å²) < 4.78 is 30.7. The van der Waals surface area contributed by atoms with E-state index in [2.05, 4.69) is 5.32 Å². The fourth-order valence-corrected chi connectivity index (χ4v) is 1.55. The summed E-state index contributed by atoms with van der Waals surface area (Å²) in [5.74, 6) is -2.51. The molecule has 0 fully saturated rings. The number of para-hydroxylation sites is 1. The van der Waals surface area contributed by atoms with Gasteiger partial charge >= 0.3 is 5.97 Å². The van der Waals surface area contributed by atoms with Crippen LogP contribution in [0.4, 0.5) is 14.5 Å². The summed E-state index contributed by atoms with van der Waals surface area (Å²) in [5.41, 5.74) is 0.121. The van der Waals surface area contributed by atoms with Gasteiger partial charge in [0.15, 0.2) is 6.61 Å². The van der Waals surface area contributed by atoms with Crippen molar-refractivity contribution >= 4 is 17.6 Å². The molecule has 2 aromatic carbocycles. The summed E-state index contributed by atoms with van der Waals surface area (Å²) >= 11 is 0. The summed E-state index contributed by atoms with van der Waals surface area (Å²) in [5, 5.41) is 2.27. The predicted octanol–water partition coefficient (Wildman–Crippen LogP) is 2.76. The second-order valence-electron chi connectivity index (χ2n) is 4.11. The highest BCUT2D eigenvalue weighted by Crippen LogP contribution is 2.12. The molecule has 0 aliphatic rings. The van der Waals surface area contributed by atoms with E-state index in [1.165, 1.54) is 30.3 Å². The second kappa shape index (κ2) is 6.60. The standard InChI is InChI=1S/C15H11F2NO3/c16-11-7-5-10(6-8-11)15(20)21-9-14(19)18-13-4-2-1-3-12(13)17/h1-8H,9H2,(H,18,19). The van der Waals surface area contributed by atoms with Gasteiger partial charge < -0.3 is 10.1 Å². The van der Waals surface area contributed by atoms with Crippen LogP contribution in [0.1, 0.15) is 10.4 Å². The average molecular weight is 291 g/mol. The lowest BCUT2D eigenvalue weighted by molar-refractivity contribution is -0.119. The molecule has 2 aromatic rings. The molecule has 0 aromatic heterocycles. The van der Waals surface area contributed by atoms with E-state index in [0.717, 1.165) is 12.1 Å². The molecular weight excluding hydrogens is 280 g/mol. The van der Waals surface area contributed by atoms with Gasteiger partial charge in [0.1, 0.15) is 11.6 Å². The zero-order valence-corrected chi connectivity index (χ0v) is 10.8. The molecule has 0 unspecified atom stereocenters. The molecule has 1 amide bonds. The van der Waals surface area contributed by atoms with E-state index in [1.807, 2.05) is 0 Å². The first-order valence-corrected chi connectivity index (χ1v) is 6.03. The molecule has 0 saturated heterocycles. The van der Waals surface area contributed by atoms with Crippen LogP contribution in [0.25, 0.3) is 0 Å². The first-order valence-electron chi connectivity index (χ1n) is 6.03. The molecule has 108 valence electrons. The normalized spacial score (nSPS) is 10.0. The number of halogens is 2. The van der Waals surface area contributed by atoms with E-state index in [-0.39, 0.29) is 11.3 Å². The number of rotatable bonds is 4. The Balaban J connectivity index is 1.88. The molecule has 4 nitrogen and oxygen atoms in total. The monoisotopic (exact) mass is 291 g/mol. The van der Waals surface area contributed by atoms with Crippen LogP contribution in [0.5, 0.6) is 0 Å². The molecule has 0 atom stereocenters. The Hall–Kier alpha value is -2.76. The number of nitrogens with one attached hydrogen (secondary N) is 1. The van der Waals surface area contributed by atoms with Crippen molar-refractivity contribution in [2.75, 3.05) is 11.9 Å². The lowest BCUT2D eigenvalue weighted by Gasteiger charge is -2.07. The minimum Gasteiger partial charge on any atom is -0.452 e. The minimum atomic E-state index is -0.765. The van der Waals surface area contributed by atoms with Crippen molar-refractivity contribution in [3.05, 3.63) is 65.7 Å². The van der Waals surface area contributed by atoms with E-state index in [1.54, 1.807) is 6.07 Å². The zero-order valence-electron chi connectivity index (χ0n) is 10.8. The van der Waals surface area contributed by atoms with Crippen LogP contribution >= 0.6 is 0 Å². The number of hydrogen-bond donors (Lipinski definition) is 1. The largest absolute Gasteiger partial charge is 0.452 e. The number of ether oxygens (including phenoxy) is 1. The smallest absolute Gasteiger partial charge is 0.338 e. The SMILES string of the molecule is O=C(COC(=O)c1ccc(F)cc1)Nc1ccccc1F. The van der Waals surface area contributed by atoms with E-state index < -0.39 is 30.1 Å². The summed E-state index contributed by atoms with van der Waals surface area (Å²) in [6.07, 6.45) is 0. The van der Waals surface area contributed by atoms with Gasteiger partial charge in [0.05, 0.1) is 11.3 Å². The van der Waals surface area contributed by atoms with Crippen molar-refractivity contribution in [2.45, 2.75) is 0 Å². The highest BCUT2D eigenvalue weighted by Gasteiger charge is 2.11. The molecule has 0 heterocycles. The lowest BCUT2D eigenvalue weighted by atomic mass is 10.2. The molecule has 0 spiro atoms. The van der Waals surface area contributed by atoms with Gasteiger partial charge in [-0.05, 0) is 36.4 Å². The third-order valence-electron chi connectivity index (χ3n) is 2.56. The maximum atomic E-state index is 13.3. The molecular formula is C15H11F2NO3. The quantitative estimate of drug-likeness (QED) is 0.881. The number of benzene rings is 2. The van der Waals surface area contributed by atoms with Crippen LogP contribution in [0.2, 0.25) is 0 Å². The first kappa shape index (κ1) is 14.6. The van der Waals surface area contributed by atoms with Crippen LogP contribution < -0.4 is 5.32 Å². The maximum Gasteiger partial charge on any atom is 0.338 e. The Morgan fingerprint density at radius 3 is 2.33 bits per heavy atom. The third kappa shape index (κ3) is 4.10. The van der Waals surface area contributed by atoms with Crippen LogP contribution in [0.15, 0.2) is 48.5 Å². The van der Waals surface area contributed by atoms with E-state index in [4.69, 9.17) is 4.74 Å². The fourth-order valence-electron chi connectivity index (χ4n) is 1.55. The summed E-state index contributed by atoms with van der Waals surface area (Å²) in [4.78, 5) is 23.1. The third-order valence-corrected chi connectivity index (χ3v) is 2.56. The number of amides is 1. The van der Waals surface area contributed by atoms with Gasteiger partial charge in [-0.2, -0.15) is 0 Å². The summed E-state index contributed by atoms with van der Waals surface area (Å²) in [6, 6.07) is 10.3. The van der Waals surface area contributed by atoms with Crippen LogP contribution in [-0.2, 0) is 9.53 Å². The number of carbonyl (C=O) groups is 2. The highest BCUT2D eigenvalue weighted by molar-refractivity contribution is 5.95. The molecule has 2 rings (SSSR count). The Morgan fingerprint density at radius 2 is 1.67 bits per heavy atom. The maximum absolute atomic E-state index is 13.3. The zero-order chi connectivity index (χ0) is 15.2. The van der Waals surface area contributed by atoms with Crippen molar-refractivity contribution in [3.8, 4) is 0 Å². The average Bonchev–Trinajstić information content (AvgIpc) is 2.48. The van der Waals surface area contributed by atoms with Crippen molar-refractivity contribution in [1.82, 2.24) is 0 Å². The lowest BCUT2D eigenvalue weighted by Crippen LogP contribution is -2.21. The molecule has 6 heteroatoms. The van der Waals surface area contributed by atoms with Gasteiger partial charge in [0.2, 0.25) is 0 Å². The summed E-state index contributed by atoms with van der Waals surface area (Å²) in [6.45, 7) is -0.565. The van der Waals surface area contributed by atoms with Crippen molar-refractivity contribution in [2.24, 2.45) is 0 Å². The number of hydrogen-bond acceptors (Lipinski definition) is 3. The van der Waals surface area contributed by atoms with Gasteiger partial charge in [-0.15, -0.1) is 0 Å². The Morgan fingerprint density at radius 1 is 1.00 bits per heavy atom. The highest BCUT2D eigenvalue weighted by atomic mass is 19.1. The van der Waals surface area contributed by atoms with E-state index in [0.29, 0.717) is 0 Å². The van der Waals surface area contributed by atoms with Gasteiger partial charge in [0.25, 0.3) is 5.91 Å². The Bertz CT molecular complexity index is 656. The van der Waals surface area contributed by atoms with Crippen molar-refractivity contribution < 1.29 is 23.1 Å². The van der Waals surface area contributed by atoms with Crippen LogP contribution in [0.3, 0.4) is 0 Å². The van der Waals surface area contributed by atoms with Crippen LogP contribution in [-0.4, -0.2) is 18.5 Å². The molecule has 21 heavy (non-hydrogen) atoms. The topological polar surface area (TPSA) is 55.4 Å². The van der Waals surface area contributed by atoms with Gasteiger partial charge in [0, 0.05) is 0 Å². The number of carbonyl (C=O) groups excluding carboxylic acids is 2. The Labute approximate surface area is 119 Å². The molecule has 0 aliphatic heterocycles. The molecule has 1 N–H and O–H groups in total. The first-order chi connectivity index (χ1) is 10.1. The fraction of sp³-hybridized carbons (Fsp3) is 0.0667. The van der Waals surface area contributed by atoms with Crippen molar-refractivity contribution in [3.63, 3.8) is 0 Å². The second-order valence-corrected chi connectivity index (χ2v) is 4.11. The molecule has 0 aliphatic carbocycles.